The third kappa shape index (κ3) is 4.66. The maximum absolute atomic E-state index is 12.0. The van der Waals surface area contributed by atoms with Crippen LogP contribution in [0.15, 0.2) is 0 Å². The van der Waals surface area contributed by atoms with E-state index < -0.39 is 0 Å². The molecule has 0 bridgehead atoms. The van der Waals surface area contributed by atoms with Crippen LogP contribution >= 0.6 is 24.2 Å². The minimum atomic E-state index is -0.130. The Bertz CT molecular complexity index is 281. The molecule has 0 aromatic rings. The molecule has 0 aromatic heterocycles. The number of rotatable bonds is 5. The van der Waals surface area contributed by atoms with Gasteiger partial charge < -0.3 is 9.80 Å². The van der Waals surface area contributed by atoms with E-state index in [2.05, 4.69) is 5.32 Å². The molecule has 0 radical (unpaired) electrons. The van der Waals surface area contributed by atoms with Crippen molar-refractivity contribution >= 4 is 36.0 Å². The minimum Gasteiger partial charge on any atom is -0.342 e. The number of nitrogens with one attached hydrogen (secondary N) is 1. The molecule has 0 aliphatic carbocycles. The van der Waals surface area contributed by atoms with E-state index in [1.54, 1.807) is 23.7 Å². The highest BCUT2D eigenvalue weighted by atomic mass is 35.5. The fourth-order valence-corrected chi connectivity index (χ4v) is 2.71. The van der Waals surface area contributed by atoms with Crippen LogP contribution in [0.3, 0.4) is 0 Å². The van der Waals surface area contributed by atoms with E-state index >= 15 is 0 Å². The standard InChI is InChI=1S/C11H21N3O2S.ClH/c1-4-14(5-2)10(15)6-13(3)11(16)9-7-17-8-12-9;/h9,12H,4-8H2,1-3H3;1H. The van der Waals surface area contributed by atoms with Crippen LogP contribution < -0.4 is 5.32 Å². The van der Waals surface area contributed by atoms with E-state index in [1.165, 1.54) is 4.90 Å². The fraction of sp³-hybridized carbons (Fsp3) is 0.818. The minimum absolute atomic E-state index is 0. The van der Waals surface area contributed by atoms with Crippen molar-refractivity contribution in [1.29, 1.82) is 0 Å². The summed E-state index contributed by atoms with van der Waals surface area (Å²) in [5, 5.41) is 3.11. The number of carbonyl (C=O) groups is 2. The summed E-state index contributed by atoms with van der Waals surface area (Å²) in [7, 11) is 1.69. The van der Waals surface area contributed by atoms with Gasteiger partial charge in [0.15, 0.2) is 0 Å². The van der Waals surface area contributed by atoms with Crippen LogP contribution in [0.1, 0.15) is 13.8 Å². The molecule has 0 spiro atoms. The van der Waals surface area contributed by atoms with Gasteiger partial charge in [0.25, 0.3) is 0 Å². The van der Waals surface area contributed by atoms with Crippen molar-refractivity contribution in [2.24, 2.45) is 0 Å². The van der Waals surface area contributed by atoms with Gasteiger partial charge in [-0.15, -0.1) is 24.2 Å². The Kier molecular flexibility index (Phi) is 8.39. The van der Waals surface area contributed by atoms with Crippen molar-refractivity contribution in [3.05, 3.63) is 0 Å². The van der Waals surface area contributed by atoms with E-state index in [9.17, 15) is 9.59 Å². The summed E-state index contributed by atoms with van der Waals surface area (Å²) in [5.74, 6) is 1.63. The highest BCUT2D eigenvalue weighted by Gasteiger charge is 2.26. The molecular formula is C11H22ClN3O2S. The molecule has 106 valence electrons. The van der Waals surface area contributed by atoms with Crippen LogP contribution in [-0.4, -0.2) is 66.0 Å². The smallest absolute Gasteiger partial charge is 0.242 e. The largest absolute Gasteiger partial charge is 0.342 e. The lowest BCUT2D eigenvalue weighted by Crippen LogP contribution is -2.47. The maximum Gasteiger partial charge on any atom is 0.242 e. The van der Waals surface area contributed by atoms with Gasteiger partial charge in [-0.1, -0.05) is 0 Å². The summed E-state index contributed by atoms with van der Waals surface area (Å²) < 4.78 is 0. The predicted octanol–water partition coefficient (Wildman–Crippen LogP) is 0.398. The SMILES string of the molecule is CCN(CC)C(=O)CN(C)C(=O)C1CSCN1.Cl. The molecule has 1 atom stereocenters. The van der Waals surface area contributed by atoms with Crippen LogP contribution in [-0.2, 0) is 9.59 Å². The second-order valence-corrected chi connectivity index (χ2v) is 5.06. The second-order valence-electron chi connectivity index (χ2n) is 4.03. The predicted molar refractivity (Wildman–Crippen MR) is 77.1 cm³/mol. The van der Waals surface area contributed by atoms with Crippen LogP contribution in [0.4, 0.5) is 0 Å². The molecule has 18 heavy (non-hydrogen) atoms. The van der Waals surface area contributed by atoms with Gasteiger partial charge in [0.2, 0.25) is 11.8 Å². The molecule has 1 saturated heterocycles. The molecule has 1 fully saturated rings. The van der Waals surface area contributed by atoms with Crippen molar-refractivity contribution in [1.82, 2.24) is 15.1 Å². The first-order valence-electron chi connectivity index (χ1n) is 5.94. The first-order chi connectivity index (χ1) is 8.10. The van der Waals surface area contributed by atoms with Gasteiger partial charge in [0.1, 0.15) is 0 Å². The lowest BCUT2D eigenvalue weighted by molar-refractivity contribution is -0.139. The Labute approximate surface area is 119 Å². The van der Waals surface area contributed by atoms with Crippen LogP contribution in [0.2, 0.25) is 0 Å². The van der Waals surface area contributed by atoms with Gasteiger partial charge in [0, 0.05) is 31.8 Å². The van der Waals surface area contributed by atoms with Crippen LogP contribution in [0.25, 0.3) is 0 Å². The molecule has 1 rings (SSSR count). The van der Waals surface area contributed by atoms with Gasteiger partial charge >= 0.3 is 0 Å². The van der Waals surface area contributed by atoms with Crippen LogP contribution in [0, 0.1) is 0 Å². The molecule has 2 amide bonds. The van der Waals surface area contributed by atoms with Crippen molar-refractivity contribution in [2.75, 3.05) is 38.3 Å². The number of likely N-dealkylation sites (N-methyl/N-ethyl adjacent to an activating group) is 2. The number of hydrogen-bond donors (Lipinski definition) is 1. The zero-order valence-corrected chi connectivity index (χ0v) is 12.8. The summed E-state index contributed by atoms with van der Waals surface area (Å²) in [4.78, 5) is 27.1. The zero-order chi connectivity index (χ0) is 12.8. The average Bonchev–Trinajstić information content (AvgIpc) is 2.83. The Morgan fingerprint density at radius 1 is 1.33 bits per heavy atom. The second kappa shape index (κ2) is 8.61. The summed E-state index contributed by atoms with van der Waals surface area (Å²) in [6, 6.07) is -0.130. The number of carbonyl (C=O) groups excluding carboxylic acids is 2. The summed E-state index contributed by atoms with van der Waals surface area (Å²) >= 11 is 1.71. The van der Waals surface area contributed by atoms with Gasteiger partial charge in [-0.2, -0.15) is 0 Å². The number of nitrogens with zero attached hydrogens (tertiary/aromatic N) is 2. The normalized spacial score (nSPS) is 18.1. The molecule has 1 N–H and O–H groups in total. The third-order valence-corrected chi connectivity index (χ3v) is 3.82. The van der Waals surface area contributed by atoms with Crippen molar-refractivity contribution in [3.8, 4) is 0 Å². The number of hydrogen-bond acceptors (Lipinski definition) is 4. The van der Waals surface area contributed by atoms with Crippen molar-refractivity contribution < 1.29 is 9.59 Å². The zero-order valence-electron chi connectivity index (χ0n) is 11.1. The Morgan fingerprint density at radius 2 is 1.94 bits per heavy atom. The molecule has 7 heteroatoms. The highest BCUT2D eigenvalue weighted by Crippen LogP contribution is 2.11. The third-order valence-electron chi connectivity index (χ3n) is 2.88. The number of amides is 2. The molecular weight excluding hydrogens is 274 g/mol. The van der Waals surface area contributed by atoms with E-state index in [-0.39, 0.29) is 36.8 Å². The first kappa shape index (κ1) is 17.5. The summed E-state index contributed by atoms with van der Waals surface area (Å²) in [6.07, 6.45) is 0. The maximum atomic E-state index is 12.0. The van der Waals surface area contributed by atoms with Crippen LogP contribution in [0.5, 0.6) is 0 Å². The Hall–Kier alpha value is -0.460. The number of thioether (sulfide) groups is 1. The molecule has 1 unspecified atom stereocenters. The van der Waals surface area contributed by atoms with Gasteiger partial charge in [-0.3, -0.25) is 14.9 Å². The first-order valence-corrected chi connectivity index (χ1v) is 7.09. The van der Waals surface area contributed by atoms with Gasteiger partial charge in [0.05, 0.1) is 12.6 Å². The summed E-state index contributed by atoms with van der Waals surface area (Å²) in [5.41, 5.74) is 0. The topological polar surface area (TPSA) is 52.7 Å². The molecule has 0 aromatic carbocycles. The van der Waals surface area contributed by atoms with Gasteiger partial charge in [-0.25, -0.2) is 0 Å². The number of halogens is 1. The quantitative estimate of drug-likeness (QED) is 0.798. The van der Waals surface area contributed by atoms with E-state index in [1.807, 2.05) is 13.8 Å². The Balaban J connectivity index is 0.00000289. The molecule has 5 nitrogen and oxygen atoms in total. The molecule has 1 aliphatic heterocycles. The molecule has 0 saturated carbocycles. The molecule has 1 heterocycles. The monoisotopic (exact) mass is 295 g/mol. The van der Waals surface area contributed by atoms with Crippen molar-refractivity contribution in [2.45, 2.75) is 19.9 Å². The van der Waals surface area contributed by atoms with Gasteiger partial charge in [-0.05, 0) is 13.8 Å². The lowest BCUT2D eigenvalue weighted by atomic mass is 10.3. The fourth-order valence-electron chi connectivity index (χ4n) is 1.78. The van der Waals surface area contributed by atoms with Crippen molar-refractivity contribution in [3.63, 3.8) is 0 Å². The van der Waals surface area contributed by atoms with E-state index in [0.717, 1.165) is 11.6 Å². The van der Waals surface area contributed by atoms with E-state index in [0.29, 0.717) is 13.1 Å². The van der Waals surface area contributed by atoms with E-state index in [4.69, 9.17) is 0 Å². The highest BCUT2D eigenvalue weighted by molar-refractivity contribution is 7.99. The lowest BCUT2D eigenvalue weighted by Gasteiger charge is -2.24. The Morgan fingerprint density at radius 3 is 2.39 bits per heavy atom. The summed E-state index contributed by atoms with van der Waals surface area (Å²) in [6.45, 7) is 5.43. The average molecular weight is 296 g/mol. The molecule has 1 aliphatic rings.